The number of carbonyl (C=O) groups is 1. The summed E-state index contributed by atoms with van der Waals surface area (Å²) >= 11 is 0. The zero-order chi connectivity index (χ0) is 21.6. The second-order valence-electron chi connectivity index (χ2n) is 7.81. The van der Waals surface area contributed by atoms with Gasteiger partial charge in [0.1, 0.15) is 31.0 Å². The van der Waals surface area contributed by atoms with Gasteiger partial charge in [-0.2, -0.15) is 0 Å². The van der Waals surface area contributed by atoms with Gasteiger partial charge in [0.2, 0.25) is 0 Å². The lowest BCUT2D eigenvalue weighted by atomic mass is 10.1. The molecule has 2 fully saturated rings. The zero-order valence-corrected chi connectivity index (χ0v) is 16.7. The van der Waals surface area contributed by atoms with Gasteiger partial charge in [-0.05, 0) is 33.6 Å². The number of carbonyl (C=O) groups excluding carboxylic acids is 1. The smallest absolute Gasteiger partial charge is 0.306 e. The molecule has 2 rings (SSSR count). The van der Waals surface area contributed by atoms with E-state index in [0.29, 0.717) is 6.61 Å². The normalized spacial score (nSPS) is 28.2. The summed E-state index contributed by atoms with van der Waals surface area (Å²) in [6, 6.07) is 0. The van der Waals surface area contributed by atoms with Crippen LogP contribution in [-0.2, 0) is 33.4 Å². The Balaban J connectivity index is 1.72. The molecule has 0 bridgehead atoms. The molecule has 29 heavy (non-hydrogen) atoms. The van der Waals surface area contributed by atoms with E-state index < -0.39 is 35.6 Å². The Hall–Kier alpha value is -0.970. The average molecular weight is 426 g/mol. The maximum absolute atomic E-state index is 12.1. The van der Waals surface area contributed by atoms with Crippen molar-refractivity contribution >= 4 is 5.97 Å². The molecule has 5 atom stereocenters. The molecule has 2 aliphatic heterocycles. The Morgan fingerprint density at radius 1 is 1.07 bits per heavy atom. The standard InChI is InChI=1S/C16H30N2O11/c1-16(2,3)28-12-9-25-14-11(8-24-15(12)14)27-13(19)6-4-5-10(29-18(22)23)7-26-17(20)21/h10-12,14-15,20-23H,4-9H2,1-3H3/t10-,11+,12+,14-,15-/m1/s1. The van der Waals surface area contributed by atoms with Crippen LogP contribution in [0.15, 0.2) is 0 Å². The van der Waals surface area contributed by atoms with Crippen LogP contribution in [0.4, 0.5) is 0 Å². The average Bonchev–Trinajstić information content (AvgIpc) is 3.14. The minimum absolute atomic E-state index is 0.0223. The Morgan fingerprint density at radius 2 is 1.69 bits per heavy atom. The summed E-state index contributed by atoms with van der Waals surface area (Å²) in [6.45, 7) is 6.02. The Labute approximate surface area is 167 Å². The van der Waals surface area contributed by atoms with E-state index in [0.717, 1.165) is 0 Å². The quantitative estimate of drug-likeness (QED) is 0.266. The summed E-state index contributed by atoms with van der Waals surface area (Å²) in [5.41, 5.74) is -0.342. The third-order valence-electron chi connectivity index (χ3n) is 4.28. The second-order valence-corrected chi connectivity index (χ2v) is 7.81. The lowest BCUT2D eigenvalue weighted by Crippen LogP contribution is -2.38. The van der Waals surface area contributed by atoms with Gasteiger partial charge in [-0.15, -0.1) is 0 Å². The number of ether oxygens (including phenoxy) is 4. The largest absolute Gasteiger partial charge is 0.457 e. The minimum atomic E-state index is -0.952. The van der Waals surface area contributed by atoms with Crippen molar-refractivity contribution in [2.24, 2.45) is 0 Å². The highest BCUT2D eigenvalue weighted by atomic mass is 17.1. The van der Waals surface area contributed by atoms with Gasteiger partial charge in [0.15, 0.2) is 6.10 Å². The molecule has 0 aromatic rings. The number of esters is 1. The first kappa shape index (κ1) is 24.3. The fourth-order valence-electron chi connectivity index (χ4n) is 3.24. The molecule has 2 saturated heterocycles. The molecule has 0 aromatic heterocycles. The monoisotopic (exact) mass is 426 g/mol. The van der Waals surface area contributed by atoms with Gasteiger partial charge >= 0.3 is 5.97 Å². The number of hydrogen-bond acceptors (Lipinski definition) is 13. The van der Waals surface area contributed by atoms with Crippen LogP contribution < -0.4 is 0 Å². The number of hydrogen-bond donors (Lipinski definition) is 4. The van der Waals surface area contributed by atoms with Crippen LogP contribution in [0, 0.1) is 0 Å². The van der Waals surface area contributed by atoms with Gasteiger partial charge in [-0.1, -0.05) is 0 Å². The molecule has 2 heterocycles. The fraction of sp³-hybridized carbons (Fsp3) is 0.938. The molecule has 0 aromatic carbocycles. The maximum atomic E-state index is 12.1. The van der Waals surface area contributed by atoms with E-state index in [1.54, 1.807) is 0 Å². The van der Waals surface area contributed by atoms with Gasteiger partial charge in [0.05, 0.1) is 29.6 Å². The summed E-state index contributed by atoms with van der Waals surface area (Å²) < 4.78 is 22.8. The van der Waals surface area contributed by atoms with Crippen molar-refractivity contribution in [1.82, 2.24) is 10.8 Å². The SMILES string of the molecule is CC(C)(C)O[C@H]1CO[C@H]2[C@@H]1OC[C@@H]2OC(=O)CCC[C@H](CON(O)O)ON(O)O. The van der Waals surface area contributed by atoms with Crippen molar-refractivity contribution < 1.29 is 54.2 Å². The van der Waals surface area contributed by atoms with Crippen molar-refractivity contribution in [3.8, 4) is 0 Å². The molecule has 0 amide bonds. The first-order valence-corrected chi connectivity index (χ1v) is 9.31. The third kappa shape index (κ3) is 8.35. The summed E-state index contributed by atoms with van der Waals surface area (Å²) in [5.74, 6) is -0.474. The van der Waals surface area contributed by atoms with Crippen LogP contribution in [-0.4, -0.2) is 93.5 Å². The molecular formula is C16H30N2O11. The van der Waals surface area contributed by atoms with E-state index in [4.69, 9.17) is 39.8 Å². The molecule has 13 heteroatoms. The van der Waals surface area contributed by atoms with Crippen molar-refractivity contribution in [1.29, 1.82) is 0 Å². The van der Waals surface area contributed by atoms with E-state index in [9.17, 15) is 4.79 Å². The fourth-order valence-corrected chi connectivity index (χ4v) is 3.24. The number of fused-ring (bicyclic) bond motifs is 1. The first-order valence-electron chi connectivity index (χ1n) is 9.31. The Bertz CT molecular complexity index is 514. The molecule has 0 unspecified atom stereocenters. The molecule has 0 saturated carbocycles. The first-order chi connectivity index (χ1) is 13.5. The van der Waals surface area contributed by atoms with Crippen LogP contribution in [0.5, 0.6) is 0 Å². The lowest BCUT2D eigenvalue weighted by molar-refractivity contribution is -0.527. The molecule has 0 radical (unpaired) electrons. The molecule has 2 aliphatic rings. The zero-order valence-electron chi connectivity index (χ0n) is 16.7. The molecular weight excluding hydrogens is 396 g/mol. The van der Waals surface area contributed by atoms with Gasteiger partial charge in [-0.3, -0.25) is 25.6 Å². The second kappa shape index (κ2) is 10.9. The minimum Gasteiger partial charge on any atom is -0.457 e. The van der Waals surface area contributed by atoms with Crippen LogP contribution in [0.3, 0.4) is 0 Å². The predicted molar refractivity (Wildman–Crippen MR) is 89.5 cm³/mol. The molecule has 0 spiro atoms. The van der Waals surface area contributed by atoms with Crippen molar-refractivity contribution in [2.45, 2.75) is 76.2 Å². The molecule has 170 valence electrons. The predicted octanol–water partition coefficient (Wildman–Crippen LogP) is 0.442. The van der Waals surface area contributed by atoms with Crippen LogP contribution in [0.1, 0.15) is 40.0 Å². The van der Waals surface area contributed by atoms with Gasteiger partial charge in [0.25, 0.3) is 0 Å². The van der Waals surface area contributed by atoms with E-state index in [2.05, 4.69) is 9.68 Å². The lowest BCUT2D eigenvalue weighted by Gasteiger charge is -2.26. The summed E-state index contributed by atoms with van der Waals surface area (Å²) in [4.78, 5) is 21.1. The van der Waals surface area contributed by atoms with Crippen LogP contribution >= 0.6 is 0 Å². The van der Waals surface area contributed by atoms with E-state index in [1.807, 2.05) is 20.8 Å². The molecule has 4 N–H and O–H groups in total. The van der Waals surface area contributed by atoms with E-state index in [1.165, 1.54) is 0 Å². The topological polar surface area (TPSA) is 160 Å². The van der Waals surface area contributed by atoms with Crippen molar-refractivity contribution in [3.05, 3.63) is 0 Å². The maximum Gasteiger partial charge on any atom is 0.306 e. The van der Waals surface area contributed by atoms with Crippen molar-refractivity contribution in [3.63, 3.8) is 0 Å². The summed E-state index contributed by atoms with van der Waals surface area (Å²) in [7, 11) is 0. The molecule has 13 nitrogen and oxygen atoms in total. The van der Waals surface area contributed by atoms with Crippen LogP contribution in [0.2, 0.25) is 0 Å². The Morgan fingerprint density at radius 3 is 2.28 bits per heavy atom. The van der Waals surface area contributed by atoms with Gasteiger partial charge < -0.3 is 18.9 Å². The third-order valence-corrected chi connectivity index (χ3v) is 4.28. The highest BCUT2D eigenvalue weighted by Crippen LogP contribution is 2.32. The van der Waals surface area contributed by atoms with E-state index >= 15 is 0 Å². The van der Waals surface area contributed by atoms with Crippen LogP contribution in [0.25, 0.3) is 0 Å². The highest BCUT2D eigenvalue weighted by molar-refractivity contribution is 5.69. The van der Waals surface area contributed by atoms with Gasteiger partial charge in [-0.25, -0.2) is 9.68 Å². The highest BCUT2D eigenvalue weighted by Gasteiger charge is 2.50. The number of rotatable bonds is 11. The summed E-state index contributed by atoms with van der Waals surface area (Å²) in [6.07, 6.45) is -1.95. The van der Waals surface area contributed by atoms with Gasteiger partial charge in [0, 0.05) is 6.42 Å². The summed E-state index contributed by atoms with van der Waals surface area (Å²) in [5, 5.41) is 33.4. The molecule has 0 aliphatic carbocycles. The number of nitrogens with zero attached hydrogens (tertiary/aromatic N) is 2. The Kier molecular flexibility index (Phi) is 9.12. The van der Waals surface area contributed by atoms with Crippen molar-refractivity contribution in [2.75, 3.05) is 19.8 Å². The van der Waals surface area contributed by atoms with E-state index in [-0.39, 0.29) is 49.8 Å².